The van der Waals surface area contributed by atoms with Crippen LogP contribution in [0.1, 0.15) is 22.5 Å². The maximum atomic E-state index is 12.2. The van der Waals surface area contributed by atoms with Gasteiger partial charge >= 0.3 is 0 Å². The van der Waals surface area contributed by atoms with Gasteiger partial charge in [-0.05, 0) is 32.6 Å². The zero-order valence-electron chi connectivity index (χ0n) is 14.6. The van der Waals surface area contributed by atoms with Gasteiger partial charge in [0.2, 0.25) is 0 Å². The van der Waals surface area contributed by atoms with Gasteiger partial charge in [-0.2, -0.15) is 0 Å². The maximum Gasteiger partial charge on any atom is 0.270 e. The van der Waals surface area contributed by atoms with Crippen LogP contribution in [0.25, 0.3) is 0 Å². The van der Waals surface area contributed by atoms with E-state index in [0.29, 0.717) is 12.2 Å². The fourth-order valence-electron chi connectivity index (χ4n) is 2.31. The fraction of sp³-hybridized carbons (Fsp3) is 0.389. The minimum Gasteiger partial charge on any atom is -0.355 e. The predicted molar refractivity (Wildman–Crippen MR) is 96.1 cm³/mol. The second-order valence-corrected chi connectivity index (χ2v) is 6.02. The Bertz CT molecular complexity index is 645. The number of anilines is 1. The first-order valence-electron chi connectivity index (χ1n) is 8.06. The number of nitrogens with zero attached hydrogens (tertiary/aromatic N) is 4. The van der Waals surface area contributed by atoms with Crippen LogP contribution in [0.15, 0.2) is 42.7 Å². The predicted octanol–water partition coefficient (Wildman–Crippen LogP) is 1.79. The number of carbonyl (C=O) groups is 1. The van der Waals surface area contributed by atoms with E-state index >= 15 is 0 Å². The van der Waals surface area contributed by atoms with Gasteiger partial charge in [-0.1, -0.05) is 30.3 Å². The lowest BCUT2D eigenvalue weighted by atomic mass is 10.2. The first kappa shape index (κ1) is 17.9. The quantitative estimate of drug-likeness (QED) is 0.749. The van der Waals surface area contributed by atoms with E-state index in [1.165, 1.54) is 11.9 Å². The van der Waals surface area contributed by atoms with Crippen LogP contribution in [0, 0.1) is 0 Å². The summed E-state index contributed by atoms with van der Waals surface area (Å²) in [4.78, 5) is 24.6. The van der Waals surface area contributed by atoms with Crippen LogP contribution in [0.5, 0.6) is 0 Å². The summed E-state index contributed by atoms with van der Waals surface area (Å²) >= 11 is 0. The van der Waals surface area contributed by atoms with Gasteiger partial charge in [-0.15, -0.1) is 0 Å². The molecular formula is C18H25N5O. The molecule has 0 unspecified atom stereocenters. The number of amides is 1. The van der Waals surface area contributed by atoms with Crippen molar-refractivity contribution in [2.24, 2.45) is 0 Å². The number of rotatable bonds is 8. The normalized spacial score (nSPS) is 10.7. The molecule has 0 fully saturated rings. The summed E-state index contributed by atoms with van der Waals surface area (Å²) in [5, 5.41) is 2.90. The molecule has 6 nitrogen and oxygen atoms in total. The standard InChI is InChI=1S/C18H25N5O/c1-22(2)11-7-10-19-18(24)16-12-17(21-14-20-16)23(3)13-15-8-5-4-6-9-15/h4-6,8-9,12,14H,7,10-11,13H2,1-3H3,(H,19,24). The lowest BCUT2D eigenvalue weighted by molar-refractivity contribution is 0.0947. The van der Waals surface area contributed by atoms with E-state index in [1.54, 1.807) is 6.07 Å². The van der Waals surface area contributed by atoms with Gasteiger partial charge in [-0.25, -0.2) is 9.97 Å². The lowest BCUT2D eigenvalue weighted by Gasteiger charge is -2.18. The Morgan fingerprint density at radius 3 is 2.58 bits per heavy atom. The summed E-state index contributed by atoms with van der Waals surface area (Å²) < 4.78 is 0. The van der Waals surface area contributed by atoms with E-state index in [4.69, 9.17) is 0 Å². The Morgan fingerprint density at radius 2 is 1.88 bits per heavy atom. The molecule has 1 N–H and O–H groups in total. The van der Waals surface area contributed by atoms with Gasteiger partial charge in [0.25, 0.3) is 5.91 Å². The fourth-order valence-corrected chi connectivity index (χ4v) is 2.31. The highest BCUT2D eigenvalue weighted by Gasteiger charge is 2.10. The van der Waals surface area contributed by atoms with Gasteiger partial charge < -0.3 is 15.1 Å². The molecule has 1 heterocycles. The molecule has 2 aromatic rings. The number of benzene rings is 1. The highest BCUT2D eigenvalue weighted by molar-refractivity contribution is 5.92. The highest BCUT2D eigenvalue weighted by Crippen LogP contribution is 2.13. The Labute approximate surface area is 143 Å². The summed E-state index contributed by atoms with van der Waals surface area (Å²) in [6, 6.07) is 11.9. The molecule has 0 bridgehead atoms. The van der Waals surface area contributed by atoms with Crippen LogP contribution in [-0.2, 0) is 6.54 Å². The number of aromatic nitrogens is 2. The van der Waals surface area contributed by atoms with E-state index in [-0.39, 0.29) is 5.91 Å². The topological polar surface area (TPSA) is 61.4 Å². The van der Waals surface area contributed by atoms with Gasteiger partial charge in [0.1, 0.15) is 17.8 Å². The molecule has 128 valence electrons. The average molecular weight is 327 g/mol. The lowest BCUT2D eigenvalue weighted by Crippen LogP contribution is -2.28. The van der Waals surface area contributed by atoms with E-state index in [9.17, 15) is 4.79 Å². The van der Waals surface area contributed by atoms with Crippen molar-refractivity contribution < 1.29 is 4.79 Å². The van der Waals surface area contributed by atoms with Gasteiger partial charge in [-0.3, -0.25) is 4.79 Å². The first-order chi connectivity index (χ1) is 11.6. The van der Waals surface area contributed by atoms with E-state index < -0.39 is 0 Å². The number of hydrogen-bond acceptors (Lipinski definition) is 5. The molecule has 0 aliphatic rings. The molecule has 2 rings (SSSR count). The monoisotopic (exact) mass is 327 g/mol. The molecule has 1 amide bonds. The van der Waals surface area contributed by atoms with Crippen molar-refractivity contribution in [1.29, 1.82) is 0 Å². The van der Waals surface area contributed by atoms with Crippen molar-refractivity contribution >= 4 is 11.7 Å². The third kappa shape index (κ3) is 5.62. The number of hydrogen-bond donors (Lipinski definition) is 1. The van der Waals surface area contributed by atoms with Crippen LogP contribution in [0.4, 0.5) is 5.82 Å². The SMILES string of the molecule is CN(C)CCCNC(=O)c1cc(N(C)Cc2ccccc2)ncn1. The third-order valence-electron chi connectivity index (χ3n) is 3.61. The molecule has 0 radical (unpaired) electrons. The zero-order chi connectivity index (χ0) is 17.4. The molecule has 6 heteroatoms. The summed E-state index contributed by atoms with van der Waals surface area (Å²) in [5.74, 6) is 0.567. The van der Waals surface area contributed by atoms with Crippen LogP contribution in [0.2, 0.25) is 0 Å². The van der Waals surface area contributed by atoms with Crippen molar-refractivity contribution in [3.8, 4) is 0 Å². The van der Waals surface area contributed by atoms with Crippen molar-refractivity contribution in [1.82, 2.24) is 20.2 Å². The van der Waals surface area contributed by atoms with E-state index in [0.717, 1.165) is 25.3 Å². The van der Waals surface area contributed by atoms with Crippen LogP contribution < -0.4 is 10.2 Å². The second-order valence-electron chi connectivity index (χ2n) is 6.02. The molecule has 1 aromatic heterocycles. The zero-order valence-corrected chi connectivity index (χ0v) is 14.6. The number of carbonyl (C=O) groups excluding carboxylic acids is 1. The Balaban J connectivity index is 1.93. The molecule has 0 saturated carbocycles. The highest BCUT2D eigenvalue weighted by atomic mass is 16.1. The van der Waals surface area contributed by atoms with Gasteiger partial charge in [0, 0.05) is 26.2 Å². The van der Waals surface area contributed by atoms with Crippen LogP contribution in [-0.4, -0.2) is 55.0 Å². The second kappa shape index (κ2) is 8.98. The summed E-state index contributed by atoms with van der Waals surface area (Å²) in [6.45, 7) is 2.30. The van der Waals surface area contributed by atoms with Crippen molar-refractivity contribution in [3.63, 3.8) is 0 Å². The van der Waals surface area contributed by atoms with Crippen LogP contribution >= 0.6 is 0 Å². The molecule has 0 aliphatic carbocycles. The van der Waals surface area contributed by atoms with Crippen LogP contribution in [0.3, 0.4) is 0 Å². The Kier molecular flexibility index (Phi) is 6.69. The molecule has 0 aliphatic heterocycles. The molecule has 0 saturated heterocycles. The van der Waals surface area contributed by atoms with Gasteiger partial charge in [0.15, 0.2) is 0 Å². The van der Waals surface area contributed by atoms with E-state index in [2.05, 4.69) is 32.3 Å². The smallest absolute Gasteiger partial charge is 0.270 e. The largest absolute Gasteiger partial charge is 0.355 e. The Hall–Kier alpha value is -2.47. The van der Waals surface area contributed by atoms with Crippen molar-refractivity contribution in [2.45, 2.75) is 13.0 Å². The maximum absolute atomic E-state index is 12.2. The summed E-state index contributed by atoms with van der Waals surface area (Å²) in [7, 11) is 5.98. The number of nitrogens with one attached hydrogen (secondary N) is 1. The molecule has 1 aromatic carbocycles. The molecule has 24 heavy (non-hydrogen) atoms. The first-order valence-corrected chi connectivity index (χ1v) is 8.06. The van der Waals surface area contributed by atoms with Crippen molar-refractivity contribution in [2.75, 3.05) is 39.1 Å². The Morgan fingerprint density at radius 1 is 1.12 bits per heavy atom. The molecular weight excluding hydrogens is 302 g/mol. The van der Waals surface area contributed by atoms with Gasteiger partial charge in [0.05, 0.1) is 0 Å². The third-order valence-corrected chi connectivity index (χ3v) is 3.61. The summed E-state index contributed by atoms with van der Waals surface area (Å²) in [5.41, 5.74) is 1.58. The minimum absolute atomic E-state index is 0.162. The summed E-state index contributed by atoms with van der Waals surface area (Å²) in [6.07, 6.45) is 2.34. The molecule has 0 spiro atoms. The molecule has 0 atom stereocenters. The van der Waals surface area contributed by atoms with Crippen molar-refractivity contribution in [3.05, 3.63) is 54.0 Å². The minimum atomic E-state index is -0.162. The van der Waals surface area contributed by atoms with E-state index in [1.807, 2.05) is 44.2 Å². The average Bonchev–Trinajstić information content (AvgIpc) is 2.59.